The number of anilines is 1. The Balaban J connectivity index is 1.38. The second-order valence-corrected chi connectivity index (χ2v) is 8.67. The molecule has 4 rings (SSSR count). The van der Waals surface area contributed by atoms with Crippen LogP contribution in [0, 0.1) is 11.7 Å². The molecular weight excluding hydrogens is 405 g/mol. The number of benzene rings is 1. The summed E-state index contributed by atoms with van der Waals surface area (Å²) < 4.78 is 24.9. The van der Waals surface area contributed by atoms with Crippen molar-refractivity contribution in [2.75, 3.05) is 31.6 Å². The summed E-state index contributed by atoms with van der Waals surface area (Å²) in [7, 11) is 0. The smallest absolute Gasteiger partial charge is 0.322 e. The van der Waals surface area contributed by atoms with Crippen LogP contribution in [-0.2, 0) is 14.3 Å². The summed E-state index contributed by atoms with van der Waals surface area (Å²) in [5.41, 5.74) is 0.470. The molecule has 3 fully saturated rings. The van der Waals surface area contributed by atoms with E-state index < -0.39 is 6.10 Å². The lowest BCUT2D eigenvalue weighted by atomic mass is 9.95. The first-order valence-corrected chi connectivity index (χ1v) is 11.0. The molecule has 3 N–H and O–H groups in total. The second kappa shape index (κ2) is 9.93. The number of amides is 3. The van der Waals surface area contributed by atoms with E-state index in [0.717, 1.165) is 6.54 Å². The number of ether oxygens (including phenoxy) is 2. The Morgan fingerprint density at radius 2 is 1.90 bits per heavy atom. The Kier molecular flexibility index (Phi) is 7.04. The summed E-state index contributed by atoms with van der Waals surface area (Å²) in [4.78, 5) is 26.8. The highest BCUT2D eigenvalue weighted by Gasteiger charge is 2.40. The van der Waals surface area contributed by atoms with Crippen LogP contribution in [0.1, 0.15) is 32.1 Å². The topological polar surface area (TPSA) is 100 Å². The minimum absolute atomic E-state index is 0.0107. The maximum absolute atomic E-state index is 13.2. The van der Waals surface area contributed by atoms with Crippen molar-refractivity contribution in [1.29, 1.82) is 0 Å². The SMILES string of the molecule is O=C(C[C@H]1CC[C@@H]2[C@H](COC[C@H](O)CN2C(=O)Nc2ccc(F)cc2)O1)NCC1CC1. The van der Waals surface area contributed by atoms with E-state index >= 15 is 0 Å². The van der Waals surface area contributed by atoms with Crippen LogP contribution in [0.15, 0.2) is 24.3 Å². The molecule has 0 unspecified atom stereocenters. The van der Waals surface area contributed by atoms with Crippen molar-refractivity contribution in [3.63, 3.8) is 0 Å². The van der Waals surface area contributed by atoms with E-state index in [1.165, 1.54) is 37.1 Å². The first-order chi connectivity index (χ1) is 15.0. The van der Waals surface area contributed by atoms with Gasteiger partial charge in [0.2, 0.25) is 5.91 Å². The van der Waals surface area contributed by atoms with Crippen molar-refractivity contribution in [3.05, 3.63) is 30.1 Å². The highest BCUT2D eigenvalue weighted by atomic mass is 19.1. The van der Waals surface area contributed by atoms with Gasteiger partial charge < -0.3 is 30.1 Å². The van der Waals surface area contributed by atoms with Gasteiger partial charge in [0.05, 0.1) is 44.4 Å². The van der Waals surface area contributed by atoms with Crippen LogP contribution in [-0.4, -0.2) is 72.6 Å². The molecule has 9 heteroatoms. The first kappa shape index (κ1) is 22.0. The zero-order chi connectivity index (χ0) is 21.8. The van der Waals surface area contributed by atoms with Gasteiger partial charge in [0.1, 0.15) is 11.9 Å². The summed E-state index contributed by atoms with van der Waals surface area (Å²) in [6.07, 6.45) is 2.50. The summed E-state index contributed by atoms with van der Waals surface area (Å²) >= 11 is 0. The molecule has 0 radical (unpaired) electrons. The molecule has 2 heterocycles. The number of fused-ring (bicyclic) bond motifs is 1. The Morgan fingerprint density at radius 1 is 1.13 bits per heavy atom. The van der Waals surface area contributed by atoms with Crippen LogP contribution in [0.25, 0.3) is 0 Å². The number of carbonyl (C=O) groups is 2. The molecule has 4 atom stereocenters. The standard InChI is InChI=1S/C22H30FN3O5/c23-15-3-5-16(6-4-15)25-22(29)26-11-17(27)12-30-13-20-19(26)8-7-18(31-20)9-21(28)24-10-14-1-2-14/h3-6,14,17-20,27H,1-2,7-13H2,(H,24,28)(H,25,29)/t17-,18-,19-,20+/m1/s1. The molecule has 1 aromatic rings. The van der Waals surface area contributed by atoms with Gasteiger partial charge in [-0.15, -0.1) is 0 Å². The second-order valence-electron chi connectivity index (χ2n) is 8.67. The van der Waals surface area contributed by atoms with Crippen molar-refractivity contribution in [1.82, 2.24) is 10.2 Å². The Hall–Kier alpha value is -2.23. The molecule has 1 saturated carbocycles. The predicted molar refractivity (Wildman–Crippen MR) is 111 cm³/mol. The lowest BCUT2D eigenvalue weighted by Gasteiger charge is -2.44. The van der Waals surface area contributed by atoms with E-state index in [9.17, 15) is 19.1 Å². The number of halogens is 1. The number of carbonyl (C=O) groups excluding carboxylic acids is 2. The normalized spacial score (nSPS) is 28.8. The van der Waals surface area contributed by atoms with Gasteiger partial charge in [-0.1, -0.05) is 0 Å². The van der Waals surface area contributed by atoms with Crippen LogP contribution < -0.4 is 10.6 Å². The molecule has 0 bridgehead atoms. The quantitative estimate of drug-likeness (QED) is 0.656. The van der Waals surface area contributed by atoms with Crippen LogP contribution in [0.4, 0.5) is 14.9 Å². The number of nitrogens with zero attached hydrogens (tertiary/aromatic N) is 1. The maximum Gasteiger partial charge on any atom is 0.322 e. The average molecular weight is 435 g/mol. The van der Waals surface area contributed by atoms with E-state index in [4.69, 9.17) is 9.47 Å². The molecule has 31 heavy (non-hydrogen) atoms. The first-order valence-electron chi connectivity index (χ1n) is 11.0. The van der Waals surface area contributed by atoms with Crippen molar-refractivity contribution in [2.24, 2.45) is 5.92 Å². The minimum atomic E-state index is -0.814. The predicted octanol–water partition coefficient (Wildman–Crippen LogP) is 1.88. The Bertz CT molecular complexity index is 773. The molecular formula is C22H30FN3O5. The van der Waals surface area contributed by atoms with E-state index in [2.05, 4.69) is 10.6 Å². The summed E-state index contributed by atoms with van der Waals surface area (Å²) in [6.45, 7) is 1.17. The molecule has 8 nitrogen and oxygen atoms in total. The number of aliphatic hydroxyl groups excluding tert-OH is 1. The van der Waals surface area contributed by atoms with Crippen molar-refractivity contribution in [3.8, 4) is 0 Å². The number of hydrogen-bond acceptors (Lipinski definition) is 5. The monoisotopic (exact) mass is 435 g/mol. The van der Waals surface area contributed by atoms with Crippen LogP contribution in [0.3, 0.4) is 0 Å². The van der Waals surface area contributed by atoms with Crippen LogP contribution in [0.2, 0.25) is 0 Å². The number of nitrogens with one attached hydrogen (secondary N) is 2. The van der Waals surface area contributed by atoms with E-state index in [-0.39, 0.29) is 55.8 Å². The van der Waals surface area contributed by atoms with Gasteiger partial charge >= 0.3 is 6.03 Å². The molecule has 170 valence electrons. The van der Waals surface area contributed by atoms with Crippen molar-refractivity contribution in [2.45, 2.75) is 56.5 Å². The fourth-order valence-electron chi connectivity index (χ4n) is 4.16. The third-order valence-electron chi connectivity index (χ3n) is 6.04. The summed E-state index contributed by atoms with van der Waals surface area (Å²) in [5.74, 6) is 0.229. The van der Waals surface area contributed by atoms with Gasteiger partial charge in [-0.2, -0.15) is 0 Å². The van der Waals surface area contributed by atoms with Crippen molar-refractivity contribution < 1.29 is 28.6 Å². The molecule has 0 aromatic heterocycles. The lowest BCUT2D eigenvalue weighted by Crippen LogP contribution is -2.58. The Labute approximate surface area is 181 Å². The third-order valence-corrected chi connectivity index (χ3v) is 6.04. The zero-order valence-electron chi connectivity index (χ0n) is 17.5. The van der Waals surface area contributed by atoms with Gasteiger partial charge in [-0.3, -0.25) is 4.79 Å². The highest BCUT2D eigenvalue weighted by Crippen LogP contribution is 2.29. The van der Waals surface area contributed by atoms with Gasteiger partial charge in [0.15, 0.2) is 0 Å². The van der Waals surface area contributed by atoms with Crippen LogP contribution >= 0.6 is 0 Å². The molecule has 3 amide bonds. The van der Waals surface area contributed by atoms with E-state index in [1.54, 1.807) is 4.90 Å². The molecule has 2 saturated heterocycles. The highest BCUT2D eigenvalue weighted by molar-refractivity contribution is 5.89. The fourth-order valence-corrected chi connectivity index (χ4v) is 4.16. The minimum Gasteiger partial charge on any atom is -0.389 e. The number of rotatable bonds is 5. The Morgan fingerprint density at radius 3 is 2.65 bits per heavy atom. The number of β-amino-alcohol motifs (C(OH)–C–C–N with tert-alkyl or cyclic N) is 1. The molecule has 1 aliphatic carbocycles. The van der Waals surface area contributed by atoms with Gasteiger partial charge in [-0.05, 0) is 55.9 Å². The summed E-state index contributed by atoms with van der Waals surface area (Å²) in [6, 6.07) is 4.85. The number of aliphatic hydroxyl groups is 1. The zero-order valence-corrected chi connectivity index (χ0v) is 17.5. The van der Waals surface area contributed by atoms with Gasteiger partial charge in [0.25, 0.3) is 0 Å². The number of hydrogen-bond donors (Lipinski definition) is 3. The third kappa shape index (κ3) is 6.15. The van der Waals surface area contributed by atoms with E-state index in [1.807, 2.05) is 0 Å². The maximum atomic E-state index is 13.2. The molecule has 0 spiro atoms. The number of urea groups is 1. The fraction of sp³-hybridized carbons (Fsp3) is 0.636. The lowest BCUT2D eigenvalue weighted by molar-refractivity contribution is -0.149. The van der Waals surface area contributed by atoms with E-state index in [0.29, 0.717) is 30.9 Å². The van der Waals surface area contributed by atoms with Gasteiger partial charge in [-0.25, -0.2) is 9.18 Å². The summed E-state index contributed by atoms with van der Waals surface area (Å²) in [5, 5.41) is 15.9. The van der Waals surface area contributed by atoms with Crippen molar-refractivity contribution >= 4 is 17.6 Å². The van der Waals surface area contributed by atoms with Gasteiger partial charge in [0, 0.05) is 12.2 Å². The largest absolute Gasteiger partial charge is 0.389 e. The average Bonchev–Trinajstić information content (AvgIpc) is 3.56. The molecule has 1 aromatic carbocycles. The van der Waals surface area contributed by atoms with Crippen LogP contribution in [0.5, 0.6) is 0 Å². The molecule has 3 aliphatic rings. The molecule has 2 aliphatic heterocycles.